The van der Waals surface area contributed by atoms with Crippen LogP contribution in [0.3, 0.4) is 0 Å². The van der Waals surface area contributed by atoms with Gasteiger partial charge in [-0.1, -0.05) is 43.3 Å². The molecule has 0 fully saturated rings. The molecule has 3 aromatic rings. The molecule has 0 aliphatic rings. The fourth-order valence-corrected chi connectivity index (χ4v) is 2.73. The summed E-state index contributed by atoms with van der Waals surface area (Å²) in [6.45, 7) is 8.14. The highest BCUT2D eigenvalue weighted by molar-refractivity contribution is 14.0. The number of nitrogens with one attached hydrogen (secondary N) is 2. The molecule has 2 N–H and O–H groups in total. The van der Waals surface area contributed by atoms with Gasteiger partial charge < -0.3 is 15.2 Å². The Morgan fingerprint density at radius 3 is 2.66 bits per heavy atom. The zero-order valence-corrected chi connectivity index (χ0v) is 19.4. The lowest BCUT2D eigenvalue weighted by Gasteiger charge is -2.10. The van der Waals surface area contributed by atoms with Crippen molar-refractivity contribution in [3.8, 4) is 11.3 Å². The molecule has 0 atom stereocenters. The highest BCUT2D eigenvalue weighted by atomic mass is 127. The number of guanidine groups is 1. The number of hydrogen-bond acceptors (Lipinski definition) is 4. The number of aromatic nitrogens is 2. The molecule has 2 heterocycles. The maximum atomic E-state index is 5.38. The van der Waals surface area contributed by atoms with Crippen molar-refractivity contribution in [1.29, 1.82) is 0 Å². The number of nitrogens with zero attached hydrogens (tertiary/aromatic N) is 3. The van der Waals surface area contributed by atoms with Crippen molar-refractivity contribution in [2.75, 3.05) is 6.54 Å². The standard InChI is InChI=1S/C22H27N5O.HI/c1-4-23-22(26-15-19-13-21(16(2)3)27-28-19)25-14-17-8-7-9-18(12-17)20-10-5-6-11-24-20;/h5-13,16H,4,14-15H2,1-3H3,(H2,23,25,26);1H. The van der Waals surface area contributed by atoms with Gasteiger partial charge in [0.05, 0.1) is 24.5 Å². The van der Waals surface area contributed by atoms with E-state index in [9.17, 15) is 0 Å². The van der Waals surface area contributed by atoms with Crippen LogP contribution in [0, 0.1) is 0 Å². The molecule has 3 rings (SSSR count). The third-order valence-corrected chi connectivity index (χ3v) is 4.25. The summed E-state index contributed by atoms with van der Waals surface area (Å²) in [5, 5.41) is 10.7. The SMILES string of the molecule is CCNC(=NCc1cccc(-c2ccccn2)c1)NCc1cc(C(C)C)no1.I. The van der Waals surface area contributed by atoms with Gasteiger partial charge in [0.2, 0.25) is 0 Å². The molecule has 0 saturated carbocycles. The van der Waals surface area contributed by atoms with Crippen LogP contribution >= 0.6 is 24.0 Å². The quantitative estimate of drug-likeness (QED) is 0.276. The molecule has 0 radical (unpaired) electrons. The lowest BCUT2D eigenvalue weighted by molar-refractivity contribution is 0.372. The molecule has 0 saturated heterocycles. The molecular weight excluding hydrogens is 477 g/mol. The number of rotatable bonds is 7. The number of benzene rings is 1. The van der Waals surface area contributed by atoms with Crippen LogP contribution in [0.25, 0.3) is 11.3 Å². The van der Waals surface area contributed by atoms with Crippen LogP contribution in [0.2, 0.25) is 0 Å². The maximum Gasteiger partial charge on any atom is 0.191 e. The van der Waals surface area contributed by atoms with Crippen LogP contribution in [0.1, 0.15) is 43.7 Å². The molecule has 7 heteroatoms. The van der Waals surface area contributed by atoms with Crippen LogP contribution in [0.15, 0.2) is 64.2 Å². The highest BCUT2D eigenvalue weighted by Crippen LogP contribution is 2.18. The third kappa shape index (κ3) is 6.85. The minimum absolute atomic E-state index is 0. The summed E-state index contributed by atoms with van der Waals surface area (Å²) in [4.78, 5) is 9.10. The van der Waals surface area contributed by atoms with E-state index in [1.807, 2.05) is 43.5 Å². The first kappa shape index (κ1) is 22.9. The van der Waals surface area contributed by atoms with Gasteiger partial charge in [0, 0.05) is 24.4 Å². The van der Waals surface area contributed by atoms with Gasteiger partial charge in [-0.05, 0) is 36.6 Å². The van der Waals surface area contributed by atoms with E-state index in [4.69, 9.17) is 4.52 Å². The van der Waals surface area contributed by atoms with Gasteiger partial charge in [-0.2, -0.15) is 0 Å². The first-order valence-corrected chi connectivity index (χ1v) is 9.63. The lowest BCUT2D eigenvalue weighted by atomic mass is 10.1. The Kier molecular flexibility index (Phi) is 9.11. The highest BCUT2D eigenvalue weighted by Gasteiger charge is 2.08. The molecule has 0 aliphatic carbocycles. The summed E-state index contributed by atoms with van der Waals surface area (Å²) in [7, 11) is 0. The van der Waals surface area contributed by atoms with E-state index in [-0.39, 0.29) is 24.0 Å². The van der Waals surface area contributed by atoms with Gasteiger partial charge >= 0.3 is 0 Å². The van der Waals surface area contributed by atoms with E-state index < -0.39 is 0 Å². The zero-order valence-electron chi connectivity index (χ0n) is 17.1. The van der Waals surface area contributed by atoms with E-state index in [1.54, 1.807) is 0 Å². The van der Waals surface area contributed by atoms with Crippen LogP contribution in [0.5, 0.6) is 0 Å². The smallest absolute Gasteiger partial charge is 0.191 e. The Morgan fingerprint density at radius 2 is 1.97 bits per heavy atom. The normalized spacial score (nSPS) is 11.2. The van der Waals surface area contributed by atoms with E-state index in [0.717, 1.165) is 40.8 Å². The van der Waals surface area contributed by atoms with Crippen molar-refractivity contribution in [1.82, 2.24) is 20.8 Å². The molecule has 29 heavy (non-hydrogen) atoms. The Bertz CT molecular complexity index is 908. The van der Waals surface area contributed by atoms with Crippen molar-refractivity contribution in [3.63, 3.8) is 0 Å². The van der Waals surface area contributed by atoms with E-state index >= 15 is 0 Å². The van der Waals surface area contributed by atoms with Gasteiger partial charge in [0.1, 0.15) is 0 Å². The Hall–Kier alpha value is -2.42. The Balaban J connectivity index is 0.00000300. The first-order chi connectivity index (χ1) is 13.7. The van der Waals surface area contributed by atoms with Crippen LogP contribution in [-0.2, 0) is 13.1 Å². The average Bonchev–Trinajstić information content (AvgIpc) is 3.20. The molecule has 0 aliphatic heterocycles. The van der Waals surface area contributed by atoms with Crippen LogP contribution in [-0.4, -0.2) is 22.6 Å². The molecule has 0 spiro atoms. The third-order valence-electron chi connectivity index (χ3n) is 4.25. The molecule has 154 valence electrons. The summed E-state index contributed by atoms with van der Waals surface area (Å²) in [5.74, 6) is 1.89. The largest absolute Gasteiger partial charge is 0.359 e. The lowest BCUT2D eigenvalue weighted by Crippen LogP contribution is -2.36. The molecule has 0 bridgehead atoms. The second-order valence-electron chi connectivity index (χ2n) is 6.84. The van der Waals surface area contributed by atoms with Gasteiger partial charge in [-0.15, -0.1) is 24.0 Å². The monoisotopic (exact) mass is 505 g/mol. The van der Waals surface area contributed by atoms with Crippen molar-refractivity contribution in [3.05, 3.63) is 71.7 Å². The minimum atomic E-state index is 0. The predicted octanol–water partition coefficient (Wildman–Crippen LogP) is 4.73. The summed E-state index contributed by atoms with van der Waals surface area (Å²) in [5.41, 5.74) is 4.14. The second kappa shape index (κ2) is 11.5. The van der Waals surface area contributed by atoms with Crippen molar-refractivity contribution in [2.45, 2.75) is 39.8 Å². The maximum absolute atomic E-state index is 5.38. The first-order valence-electron chi connectivity index (χ1n) is 9.63. The molecule has 6 nitrogen and oxygen atoms in total. The van der Waals surface area contributed by atoms with Gasteiger partial charge in [-0.3, -0.25) is 4.98 Å². The Morgan fingerprint density at radius 1 is 1.10 bits per heavy atom. The van der Waals surface area contributed by atoms with E-state index in [1.165, 1.54) is 0 Å². The fourth-order valence-electron chi connectivity index (χ4n) is 2.73. The van der Waals surface area contributed by atoms with Gasteiger partial charge in [-0.25, -0.2) is 4.99 Å². The summed E-state index contributed by atoms with van der Waals surface area (Å²) in [6.07, 6.45) is 1.81. The molecule has 0 amide bonds. The molecule has 0 unspecified atom stereocenters. The van der Waals surface area contributed by atoms with Crippen molar-refractivity contribution in [2.24, 2.45) is 4.99 Å². The number of aliphatic imine (C=N–C) groups is 1. The van der Waals surface area contributed by atoms with Gasteiger partial charge in [0.15, 0.2) is 11.7 Å². The number of hydrogen-bond donors (Lipinski definition) is 2. The summed E-state index contributed by atoms with van der Waals surface area (Å²) in [6, 6.07) is 16.2. The van der Waals surface area contributed by atoms with Crippen LogP contribution in [0.4, 0.5) is 0 Å². The van der Waals surface area contributed by atoms with Crippen molar-refractivity contribution < 1.29 is 4.52 Å². The summed E-state index contributed by atoms with van der Waals surface area (Å²) >= 11 is 0. The number of halogens is 1. The fraction of sp³-hybridized carbons (Fsp3) is 0.318. The number of pyridine rings is 1. The van der Waals surface area contributed by atoms with Crippen LogP contribution < -0.4 is 10.6 Å². The Labute approximate surface area is 189 Å². The van der Waals surface area contributed by atoms with Gasteiger partial charge in [0.25, 0.3) is 0 Å². The second-order valence-corrected chi connectivity index (χ2v) is 6.84. The summed E-state index contributed by atoms with van der Waals surface area (Å²) < 4.78 is 5.38. The van der Waals surface area contributed by atoms with E-state index in [0.29, 0.717) is 19.0 Å². The molecule has 2 aromatic heterocycles. The minimum Gasteiger partial charge on any atom is -0.359 e. The predicted molar refractivity (Wildman–Crippen MR) is 127 cm³/mol. The topological polar surface area (TPSA) is 75.3 Å². The zero-order chi connectivity index (χ0) is 19.8. The van der Waals surface area contributed by atoms with E-state index in [2.05, 4.69) is 57.8 Å². The van der Waals surface area contributed by atoms with Crippen molar-refractivity contribution >= 4 is 29.9 Å². The molecular formula is C22H28IN5O. The average molecular weight is 505 g/mol. The molecule has 1 aromatic carbocycles.